The van der Waals surface area contributed by atoms with E-state index >= 15 is 0 Å². The van der Waals surface area contributed by atoms with Crippen molar-refractivity contribution < 1.29 is 9.90 Å². The topological polar surface area (TPSA) is 49.3 Å². The van der Waals surface area contributed by atoms with Crippen LogP contribution in [-0.2, 0) is 0 Å². The molecule has 19 heavy (non-hydrogen) atoms. The minimum Gasteiger partial charge on any atom is -0.478 e. The lowest BCUT2D eigenvalue weighted by molar-refractivity contribution is 0.0694. The number of carboxylic acid groups (broad SMARTS) is 1. The Labute approximate surface area is 119 Å². The van der Waals surface area contributed by atoms with E-state index in [2.05, 4.69) is 12.2 Å². The molecule has 0 saturated carbocycles. The van der Waals surface area contributed by atoms with Gasteiger partial charge in [0.15, 0.2) is 0 Å². The highest BCUT2D eigenvalue weighted by atomic mass is 32.2. The number of unbranched alkanes of at least 4 members (excludes halogenated alkanes) is 3. The van der Waals surface area contributed by atoms with E-state index in [0.717, 1.165) is 29.3 Å². The number of nitrogens with one attached hydrogen (secondary N) is 1. The Morgan fingerprint density at radius 2 is 2.05 bits per heavy atom. The second kappa shape index (κ2) is 8.86. The fraction of sp³-hybridized carbons (Fsp3) is 0.533. The predicted octanol–water partition coefficient (Wildman–Crippen LogP) is 4.49. The molecule has 1 rings (SSSR count). The predicted molar refractivity (Wildman–Crippen MR) is 82.4 cm³/mol. The number of hydrogen-bond acceptors (Lipinski definition) is 3. The van der Waals surface area contributed by atoms with Crippen LogP contribution in [0.4, 0.5) is 5.69 Å². The number of benzene rings is 1. The molecule has 3 nitrogen and oxygen atoms in total. The van der Waals surface area contributed by atoms with Crippen LogP contribution in [-0.4, -0.2) is 23.4 Å². The molecule has 0 aliphatic heterocycles. The number of hydrogen-bond donors (Lipinski definition) is 2. The molecule has 0 fully saturated rings. The Hall–Kier alpha value is -1.16. The average molecular weight is 281 g/mol. The van der Waals surface area contributed by atoms with Crippen molar-refractivity contribution in [1.82, 2.24) is 0 Å². The van der Waals surface area contributed by atoms with Crippen molar-refractivity contribution in [3.63, 3.8) is 0 Å². The third-order valence-corrected chi connectivity index (χ3v) is 3.83. The summed E-state index contributed by atoms with van der Waals surface area (Å²) in [5.74, 6) is 0.0212. The van der Waals surface area contributed by atoms with Gasteiger partial charge in [0.05, 0.1) is 5.56 Å². The fourth-order valence-electron chi connectivity index (χ4n) is 1.95. The number of anilines is 1. The van der Waals surface area contributed by atoms with Crippen LogP contribution in [0.2, 0.25) is 0 Å². The van der Waals surface area contributed by atoms with Crippen molar-refractivity contribution in [1.29, 1.82) is 0 Å². The molecular formula is C15H23NO2S. The quantitative estimate of drug-likeness (QED) is 0.517. The number of aromatic carboxylic acids is 1. The zero-order chi connectivity index (χ0) is 14.1. The maximum Gasteiger partial charge on any atom is 0.338 e. The third-order valence-electron chi connectivity index (χ3n) is 2.89. The molecule has 0 heterocycles. The van der Waals surface area contributed by atoms with E-state index in [4.69, 9.17) is 0 Å². The SMILES string of the molecule is CCCCCCNc1cccc(SCC)c1C(=O)O. The summed E-state index contributed by atoms with van der Waals surface area (Å²) in [7, 11) is 0. The lowest BCUT2D eigenvalue weighted by atomic mass is 10.1. The standard InChI is InChI=1S/C15H23NO2S/c1-3-5-6-7-11-16-12-9-8-10-13(19-4-2)14(12)15(17)18/h8-10,16H,3-7,11H2,1-2H3,(H,17,18). The summed E-state index contributed by atoms with van der Waals surface area (Å²) in [6.07, 6.45) is 4.72. The Kier molecular flexibility index (Phi) is 7.41. The molecule has 2 N–H and O–H groups in total. The minimum atomic E-state index is -0.854. The summed E-state index contributed by atoms with van der Waals surface area (Å²) in [6, 6.07) is 5.64. The first kappa shape index (κ1) is 15.9. The molecule has 0 aliphatic carbocycles. The molecule has 0 saturated heterocycles. The third kappa shape index (κ3) is 5.15. The van der Waals surface area contributed by atoms with Crippen LogP contribution >= 0.6 is 11.8 Å². The summed E-state index contributed by atoms with van der Waals surface area (Å²) in [6.45, 7) is 5.04. The Morgan fingerprint density at radius 3 is 2.68 bits per heavy atom. The summed E-state index contributed by atoms with van der Waals surface area (Å²) >= 11 is 1.57. The highest BCUT2D eigenvalue weighted by molar-refractivity contribution is 7.99. The molecule has 0 spiro atoms. The van der Waals surface area contributed by atoms with Gasteiger partial charge >= 0.3 is 5.97 Å². The summed E-state index contributed by atoms with van der Waals surface area (Å²) in [5.41, 5.74) is 1.15. The van der Waals surface area contributed by atoms with Crippen molar-refractivity contribution in [2.45, 2.75) is 44.4 Å². The van der Waals surface area contributed by atoms with Crippen LogP contribution in [0.3, 0.4) is 0 Å². The van der Waals surface area contributed by atoms with E-state index < -0.39 is 5.97 Å². The van der Waals surface area contributed by atoms with Gasteiger partial charge in [0.2, 0.25) is 0 Å². The van der Waals surface area contributed by atoms with Crippen LogP contribution in [0.5, 0.6) is 0 Å². The van der Waals surface area contributed by atoms with Crippen LogP contribution < -0.4 is 5.32 Å². The van der Waals surface area contributed by atoms with Gasteiger partial charge in [-0.05, 0) is 24.3 Å². The van der Waals surface area contributed by atoms with Gasteiger partial charge in [-0.1, -0.05) is 39.2 Å². The van der Waals surface area contributed by atoms with E-state index in [1.807, 2.05) is 25.1 Å². The van der Waals surface area contributed by atoms with E-state index in [-0.39, 0.29) is 0 Å². The van der Waals surface area contributed by atoms with Crippen LogP contribution in [0, 0.1) is 0 Å². The molecule has 106 valence electrons. The maximum absolute atomic E-state index is 11.4. The Bertz CT molecular complexity index is 407. The normalized spacial score (nSPS) is 10.4. The monoisotopic (exact) mass is 281 g/mol. The van der Waals surface area contributed by atoms with E-state index in [1.54, 1.807) is 11.8 Å². The summed E-state index contributed by atoms with van der Waals surface area (Å²) < 4.78 is 0. The Balaban J connectivity index is 2.70. The molecule has 0 aliphatic rings. The first-order valence-corrected chi connectivity index (χ1v) is 7.92. The van der Waals surface area contributed by atoms with E-state index in [9.17, 15) is 9.90 Å². The largest absolute Gasteiger partial charge is 0.478 e. The number of thioether (sulfide) groups is 1. The molecule has 0 bridgehead atoms. The molecule has 0 unspecified atom stereocenters. The second-order valence-corrected chi connectivity index (χ2v) is 5.71. The van der Waals surface area contributed by atoms with Gasteiger partial charge in [0.25, 0.3) is 0 Å². The Morgan fingerprint density at radius 1 is 1.26 bits per heavy atom. The van der Waals surface area contributed by atoms with Crippen LogP contribution in [0.1, 0.15) is 49.9 Å². The van der Waals surface area contributed by atoms with Crippen molar-refractivity contribution >= 4 is 23.4 Å². The zero-order valence-corrected chi connectivity index (χ0v) is 12.6. The second-order valence-electron chi connectivity index (χ2n) is 4.40. The summed E-state index contributed by atoms with van der Waals surface area (Å²) in [5, 5.41) is 12.6. The van der Waals surface area contributed by atoms with Gasteiger partial charge < -0.3 is 10.4 Å². The van der Waals surface area contributed by atoms with Crippen LogP contribution in [0.25, 0.3) is 0 Å². The molecule has 1 aromatic rings. The summed E-state index contributed by atoms with van der Waals surface area (Å²) in [4.78, 5) is 12.2. The first-order valence-electron chi connectivity index (χ1n) is 6.93. The highest BCUT2D eigenvalue weighted by Gasteiger charge is 2.14. The van der Waals surface area contributed by atoms with E-state index in [0.29, 0.717) is 5.56 Å². The van der Waals surface area contributed by atoms with E-state index in [1.165, 1.54) is 19.3 Å². The molecule has 0 aromatic heterocycles. The van der Waals surface area contributed by atoms with Gasteiger partial charge in [-0.3, -0.25) is 0 Å². The van der Waals surface area contributed by atoms with Gasteiger partial charge in [-0.25, -0.2) is 4.79 Å². The molecular weight excluding hydrogens is 258 g/mol. The van der Waals surface area contributed by atoms with Gasteiger partial charge in [0.1, 0.15) is 0 Å². The van der Waals surface area contributed by atoms with Gasteiger partial charge in [-0.2, -0.15) is 0 Å². The van der Waals surface area contributed by atoms with Crippen molar-refractivity contribution in [3.05, 3.63) is 23.8 Å². The molecule has 0 atom stereocenters. The fourth-order valence-corrected chi connectivity index (χ4v) is 2.78. The zero-order valence-electron chi connectivity index (χ0n) is 11.7. The van der Waals surface area contributed by atoms with Crippen molar-refractivity contribution in [3.8, 4) is 0 Å². The molecule has 0 amide bonds. The van der Waals surface area contributed by atoms with Gasteiger partial charge in [0, 0.05) is 17.1 Å². The smallest absolute Gasteiger partial charge is 0.338 e. The van der Waals surface area contributed by atoms with Crippen molar-refractivity contribution in [2.75, 3.05) is 17.6 Å². The lowest BCUT2D eigenvalue weighted by Crippen LogP contribution is -2.09. The van der Waals surface area contributed by atoms with Gasteiger partial charge in [-0.15, -0.1) is 11.8 Å². The molecule has 0 radical (unpaired) electrons. The first-order chi connectivity index (χ1) is 9.20. The maximum atomic E-state index is 11.4. The molecule has 4 heteroatoms. The highest BCUT2D eigenvalue weighted by Crippen LogP contribution is 2.28. The average Bonchev–Trinajstić information content (AvgIpc) is 2.38. The number of carboxylic acids is 1. The minimum absolute atomic E-state index is 0.407. The molecule has 1 aromatic carbocycles. The van der Waals surface area contributed by atoms with Crippen LogP contribution in [0.15, 0.2) is 23.1 Å². The lowest BCUT2D eigenvalue weighted by Gasteiger charge is -2.12. The van der Waals surface area contributed by atoms with Crippen molar-refractivity contribution in [2.24, 2.45) is 0 Å². The number of carbonyl (C=O) groups is 1. The number of rotatable bonds is 9.